The van der Waals surface area contributed by atoms with Crippen molar-refractivity contribution >= 4 is 40.5 Å². The van der Waals surface area contributed by atoms with Gasteiger partial charge in [0.05, 0.1) is 17.0 Å². The molecule has 0 saturated carbocycles. The zero-order chi connectivity index (χ0) is 27.7. The topological polar surface area (TPSA) is 70.6 Å². The fourth-order valence-corrected chi connectivity index (χ4v) is 4.44. The highest BCUT2D eigenvalue weighted by molar-refractivity contribution is 6.32. The second-order valence-corrected chi connectivity index (χ2v) is 10.8. The summed E-state index contributed by atoms with van der Waals surface area (Å²) in [5.41, 5.74) is 1.62. The van der Waals surface area contributed by atoms with Crippen LogP contribution in [0.5, 0.6) is 0 Å². The average molecular weight is 542 g/mol. The third-order valence-corrected chi connectivity index (χ3v) is 6.19. The first kappa shape index (κ1) is 27.4. The zero-order valence-electron chi connectivity index (χ0n) is 21.1. The summed E-state index contributed by atoms with van der Waals surface area (Å²) in [6, 6.07) is 15.9. The van der Waals surface area contributed by atoms with E-state index in [0.29, 0.717) is 39.7 Å². The molecule has 0 spiro atoms. The van der Waals surface area contributed by atoms with Crippen LogP contribution in [0.2, 0.25) is 5.02 Å². The lowest BCUT2D eigenvalue weighted by atomic mass is 9.92. The SMILES string of the molecule is CC(C)(C)CC(=O)Nc1ccc(C2=NC(Cc3ccccc3C(F)(F)F)C(=O)Nc3ccc(Cl)cc32)cc1. The van der Waals surface area contributed by atoms with E-state index in [4.69, 9.17) is 11.6 Å². The normalized spacial score (nSPS) is 15.7. The molecular weight excluding hydrogens is 515 g/mol. The number of hydrogen-bond acceptors (Lipinski definition) is 3. The molecule has 1 aliphatic rings. The monoisotopic (exact) mass is 541 g/mol. The summed E-state index contributed by atoms with van der Waals surface area (Å²) in [7, 11) is 0. The van der Waals surface area contributed by atoms with Crippen molar-refractivity contribution in [3.8, 4) is 0 Å². The van der Waals surface area contributed by atoms with Crippen LogP contribution in [0.4, 0.5) is 24.5 Å². The van der Waals surface area contributed by atoms with Crippen LogP contribution in [-0.4, -0.2) is 23.6 Å². The molecule has 0 radical (unpaired) electrons. The van der Waals surface area contributed by atoms with E-state index in [1.165, 1.54) is 18.2 Å². The molecule has 2 amide bonds. The summed E-state index contributed by atoms with van der Waals surface area (Å²) in [5.74, 6) is -0.640. The summed E-state index contributed by atoms with van der Waals surface area (Å²) in [6.07, 6.45) is -4.45. The van der Waals surface area contributed by atoms with E-state index in [1.807, 2.05) is 20.8 Å². The Hall–Kier alpha value is -3.65. The maximum atomic E-state index is 13.6. The van der Waals surface area contributed by atoms with Gasteiger partial charge in [-0.3, -0.25) is 14.6 Å². The van der Waals surface area contributed by atoms with Gasteiger partial charge in [0.25, 0.3) is 0 Å². The first-order valence-electron chi connectivity index (χ1n) is 12.0. The number of halogens is 4. The third-order valence-electron chi connectivity index (χ3n) is 5.95. The second kappa shape index (κ2) is 10.6. The molecule has 4 rings (SSSR count). The van der Waals surface area contributed by atoms with E-state index in [-0.39, 0.29) is 23.3 Å². The fourth-order valence-electron chi connectivity index (χ4n) is 4.27. The van der Waals surface area contributed by atoms with Crippen LogP contribution in [0.15, 0.2) is 71.7 Å². The van der Waals surface area contributed by atoms with E-state index in [2.05, 4.69) is 15.6 Å². The first-order chi connectivity index (χ1) is 17.8. The highest BCUT2D eigenvalue weighted by atomic mass is 35.5. The van der Waals surface area contributed by atoms with Crippen LogP contribution in [0.1, 0.15) is 49.4 Å². The van der Waals surface area contributed by atoms with Crippen molar-refractivity contribution in [3.63, 3.8) is 0 Å². The summed E-state index contributed by atoms with van der Waals surface area (Å²) in [6.45, 7) is 5.92. The molecule has 38 heavy (non-hydrogen) atoms. The Morgan fingerprint density at radius 2 is 1.71 bits per heavy atom. The van der Waals surface area contributed by atoms with Gasteiger partial charge >= 0.3 is 6.18 Å². The van der Waals surface area contributed by atoms with Gasteiger partial charge in [-0.25, -0.2) is 0 Å². The van der Waals surface area contributed by atoms with Gasteiger partial charge in [0.2, 0.25) is 11.8 Å². The van der Waals surface area contributed by atoms with Gasteiger partial charge in [-0.2, -0.15) is 13.2 Å². The molecule has 5 nitrogen and oxygen atoms in total. The standard InChI is InChI=1S/C29H27ClF3N3O2/c1-28(2,3)16-25(37)34-20-11-8-17(9-12-20)26-21-15-19(30)10-13-23(21)36-27(38)24(35-26)14-18-6-4-5-7-22(18)29(31,32)33/h4-13,15,24H,14,16H2,1-3H3,(H,34,37)(H,36,38). The van der Waals surface area contributed by atoms with Crippen LogP contribution in [-0.2, 0) is 22.2 Å². The highest BCUT2D eigenvalue weighted by Crippen LogP contribution is 2.34. The largest absolute Gasteiger partial charge is 0.416 e. The number of alkyl halides is 3. The third kappa shape index (κ3) is 6.61. The fraction of sp³-hybridized carbons (Fsp3) is 0.276. The first-order valence-corrected chi connectivity index (χ1v) is 12.4. The summed E-state index contributed by atoms with van der Waals surface area (Å²) < 4.78 is 40.9. The molecule has 0 aromatic heterocycles. The number of fused-ring (bicyclic) bond motifs is 1. The molecule has 1 unspecified atom stereocenters. The Bertz CT molecular complexity index is 1390. The number of nitrogens with one attached hydrogen (secondary N) is 2. The van der Waals surface area contributed by atoms with Crippen LogP contribution in [0, 0.1) is 5.41 Å². The smallest absolute Gasteiger partial charge is 0.326 e. The molecular formula is C29H27ClF3N3O2. The van der Waals surface area contributed by atoms with Crippen LogP contribution >= 0.6 is 11.6 Å². The van der Waals surface area contributed by atoms with Crippen molar-refractivity contribution in [1.82, 2.24) is 0 Å². The minimum absolute atomic E-state index is 0.0239. The molecule has 2 N–H and O–H groups in total. The number of carbonyl (C=O) groups excluding carboxylic acids is 2. The molecule has 3 aromatic carbocycles. The van der Waals surface area contributed by atoms with Gasteiger partial charge in [-0.1, -0.05) is 62.7 Å². The summed E-state index contributed by atoms with van der Waals surface area (Å²) in [4.78, 5) is 30.1. The van der Waals surface area contributed by atoms with Crippen molar-refractivity contribution in [2.24, 2.45) is 10.4 Å². The van der Waals surface area contributed by atoms with Crippen LogP contribution < -0.4 is 10.6 Å². The van der Waals surface area contributed by atoms with E-state index in [0.717, 1.165) is 6.07 Å². The molecule has 1 heterocycles. The van der Waals surface area contributed by atoms with Gasteiger partial charge in [0.15, 0.2) is 0 Å². The molecule has 1 aliphatic heterocycles. The molecule has 3 aromatic rings. The van der Waals surface area contributed by atoms with Crippen LogP contribution in [0.25, 0.3) is 0 Å². The minimum Gasteiger partial charge on any atom is -0.326 e. The highest BCUT2D eigenvalue weighted by Gasteiger charge is 2.35. The number of amides is 2. The molecule has 1 atom stereocenters. The lowest BCUT2D eigenvalue weighted by Gasteiger charge is -2.17. The maximum Gasteiger partial charge on any atom is 0.416 e. The van der Waals surface area contributed by atoms with E-state index < -0.39 is 23.7 Å². The number of anilines is 2. The lowest BCUT2D eigenvalue weighted by molar-refractivity contribution is -0.138. The molecule has 0 aliphatic carbocycles. The zero-order valence-corrected chi connectivity index (χ0v) is 21.9. The molecule has 198 valence electrons. The van der Waals surface area contributed by atoms with E-state index >= 15 is 0 Å². The predicted octanol–water partition coefficient (Wildman–Crippen LogP) is 7.13. The van der Waals surface area contributed by atoms with Crippen molar-refractivity contribution < 1.29 is 22.8 Å². The van der Waals surface area contributed by atoms with E-state index in [1.54, 1.807) is 42.5 Å². The molecule has 0 fully saturated rings. The van der Waals surface area contributed by atoms with Gasteiger partial charge in [0.1, 0.15) is 6.04 Å². The van der Waals surface area contributed by atoms with Gasteiger partial charge in [-0.15, -0.1) is 0 Å². The number of rotatable bonds is 5. The van der Waals surface area contributed by atoms with Crippen LogP contribution in [0.3, 0.4) is 0 Å². The molecule has 0 saturated heterocycles. The van der Waals surface area contributed by atoms with Gasteiger partial charge < -0.3 is 10.6 Å². The Morgan fingerprint density at radius 1 is 1.03 bits per heavy atom. The Labute approximate surface area is 224 Å². The summed E-state index contributed by atoms with van der Waals surface area (Å²) in [5, 5.41) is 6.07. The average Bonchev–Trinajstić information content (AvgIpc) is 2.94. The Morgan fingerprint density at radius 3 is 2.37 bits per heavy atom. The van der Waals surface area contributed by atoms with Crippen molar-refractivity contribution in [2.75, 3.05) is 10.6 Å². The molecule has 9 heteroatoms. The maximum absolute atomic E-state index is 13.6. The number of benzene rings is 3. The number of benzodiazepines with no additional fused rings is 1. The summed E-state index contributed by atoms with van der Waals surface area (Å²) >= 11 is 6.25. The van der Waals surface area contributed by atoms with Crippen molar-refractivity contribution in [2.45, 2.75) is 45.8 Å². The van der Waals surface area contributed by atoms with E-state index in [9.17, 15) is 22.8 Å². The lowest BCUT2D eigenvalue weighted by Crippen LogP contribution is -2.28. The Kier molecular flexibility index (Phi) is 7.65. The number of aliphatic imine (C=N–C) groups is 1. The second-order valence-electron chi connectivity index (χ2n) is 10.4. The van der Waals surface area contributed by atoms with Gasteiger partial charge in [0, 0.05) is 34.7 Å². The van der Waals surface area contributed by atoms with Gasteiger partial charge in [-0.05, 0) is 47.4 Å². The number of carbonyl (C=O) groups is 2. The van der Waals surface area contributed by atoms with Crippen molar-refractivity contribution in [3.05, 3.63) is 94.0 Å². The predicted molar refractivity (Wildman–Crippen MR) is 144 cm³/mol. The quantitative estimate of drug-likeness (QED) is 0.360. The van der Waals surface area contributed by atoms with Crippen molar-refractivity contribution in [1.29, 1.82) is 0 Å². The minimum atomic E-state index is -4.56. The molecule has 0 bridgehead atoms. The number of hydrogen-bond donors (Lipinski definition) is 2. The Balaban J connectivity index is 1.72. The number of nitrogens with zero attached hydrogens (tertiary/aromatic N) is 1.